The number of carbonyl (C=O) groups is 2. The zero-order valence-corrected chi connectivity index (χ0v) is 16.2. The fourth-order valence-corrected chi connectivity index (χ4v) is 3.53. The van der Waals surface area contributed by atoms with Gasteiger partial charge in [0.25, 0.3) is 5.91 Å². The Morgan fingerprint density at radius 2 is 1.74 bits per heavy atom. The number of rotatable bonds is 6. The van der Waals surface area contributed by atoms with Crippen LogP contribution in [0.1, 0.15) is 20.9 Å². The number of aryl methyl sites for hydroxylation is 1. The van der Waals surface area contributed by atoms with E-state index in [1.807, 2.05) is 42.5 Å². The van der Waals surface area contributed by atoms with Crippen LogP contribution in [-0.2, 0) is 11.3 Å². The Labute approximate surface area is 166 Å². The van der Waals surface area contributed by atoms with Crippen LogP contribution in [0.3, 0.4) is 0 Å². The Bertz CT molecular complexity index is 940. The van der Waals surface area contributed by atoms with Gasteiger partial charge < -0.3 is 10.6 Å². The molecule has 0 bridgehead atoms. The molecule has 7 heteroatoms. The van der Waals surface area contributed by atoms with Crippen molar-refractivity contribution in [3.8, 4) is 10.6 Å². The van der Waals surface area contributed by atoms with Gasteiger partial charge in [0.1, 0.15) is 9.88 Å². The van der Waals surface area contributed by atoms with Crippen LogP contribution in [0.25, 0.3) is 10.6 Å². The Balaban J connectivity index is 1.54. The molecule has 1 heterocycles. The lowest BCUT2D eigenvalue weighted by Crippen LogP contribution is -2.36. The minimum atomic E-state index is -0.297. The molecule has 0 atom stereocenters. The standard InChI is InChI=1S/C20H18ClN3O2S/c1-13-18(27-20(24-13)15-5-3-2-4-6-15)19(26)23-12-17(25)22-11-14-7-9-16(21)10-8-14/h2-10H,11-12H2,1H3,(H,22,25)(H,23,26). The second-order valence-electron chi connectivity index (χ2n) is 5.89. The van der Waals surface area contributed by atoms with E-state index in [0.717, 1.165) is 16.1 Å². The number of aromatic nitrogens is 1. The summed E-state index contributed by atoms with van der Waals surface area (Å²) >= 11 is 7.15. The summed E-state index contributed by atoms with van der Waals surface area (Å²) in [4.78, 5) is 29.3. The Morgan fingerprint density at radius 1 is 1.04 bits per heavy atom. The van der Waals surface area contributed by atoms with Crippen molar-refractivity contribution >= 4 is 34.8 Å². The molecule has 0 radical (unpaired) electrons. The molecular formula is C20H18ClN3O2S. The number of nitrogens with one attached hydrogen (secondary N) is 2. The first-order chi connectivity index (χ1) is 13.0. The molecule has 0 saturated carbocycles. The first-order valence-electron chi connectivity index (χ1n) is 8.35. The number of nitrogens with zero attached hydrogens (tertiary/aromatic N) is 1. The van der Waals surface area contributed by atoms with E-state index < -0.39 is 0 Å². The lowest BCUT2D eigenvalue weighted by Gasteiger charge is -2.07. The number of hydrogen-bond acceptors (Lipinski definition) is 4. The molecule has 0 aliphatic carbocycles. The van der Waals surface area contributed by atoms with Gasteiger partial charge >= 0.3 is 0 Å². The maximum atomic E-state index is 12.4. The third-order valence-electron chi connectivity index (χ3n) is 3.84. The summed E-state index contributed by atoms with van der Waals surface area (Å²) < 4.78 is 0. The molecule has 27 heavy (non-hydrogen) atoms. The summed E-state index contributed by atoms with van der Waals surface area (Å²) in [6.07, 6.45) is 0. The molecular weight excluding hydrogens is 382 g/mol. The molecule has 138 valence electrons. The van der Waals surface area contributed by atoms with Gasteiger partial charge in [0.15, 0.2) is 0 Å². The van der Waals surface area contributed by atoms with Gasteiger partial charge in [-0.25, -0.2) is 4.98 Å². The Hall–Kier alpha value is -2.70. The van der Waals surface area contributed by atoms with E-state index in [1.165, 1.54) is 11.3 Å². The molecule has 0 spiro atoms. The highest BCUT2D eigenvalue weighted by molar-refractivity contribution is 7.17. The van der Waals surface area contributed by atoms with Crippen LogP contribution in [0.5, 0.6) is 0 Å². The predicted molar refractivity (Wildman–Crippen MR) is 108 cm³/mol. The quantitative estimate of drug-likeness (QED) is 0.662. The second-order valence-corrected chi connectivity index (χ2v) is 7.32. The SMILES string of the molecule is Cc1nc(-c2ccccc2)sc1C(=O)NCC(=O)NCc1ccc(Cl)cc1. The number of benzene rings is 2. The van der Waals surface area contributed by atoms with Crippen molar-refractivity contribution in [2.24, 2.45) is 0 Å². The maximum absolute atomic E-state index is 12.4. The molecule has 2 aromatic carbocycles. The van der Waals surface area contributed by atoms with Crippen molar-refractivity contribution in [1.82, 2.24) is 15.6 Å². The molecule has 0 aliphatic heterocycles. The van der Waals surface area contributed by atoms with Crippen molar-refractivity contribution in [3.05, 3.63) is 75.8 Å². The lowest BCUT2D eigenvalue weighted by molar-refractivity contribution is -0.120. The van der Waals surface area contributed by atoms with Gasteiger partial charge in [-0.05, 0) is 24.6 Å². The molecule has 3 rings (SSSR count). The van der Waals surface area contributed by atoms with Gasteiger partial charge in [-0.2, -0.15) is 0 Å². The van der Waals surface area contributed by atoms with E-state index in [9.17, 15) is 9.59 Å². The van der Waals surface area contributed by atoms with Crippen LogP contribution in [0.15, 0.2) is 54.6 Å². The van der Waals surface area contributed by atoms with E-state index in [-0.39, 0.29) is 18.4 Å². The number of hydrogen-bond donors (Lipinski definition) is 2. The van der Waals surface area contributed by atoms with Gasteiger partial charge in [0.05, 0.1) is 12.2 Å². The van der Waals surface area contributed by atoms with Gasteiger partial charge in [-0.15, -0.1) is 11.3 Å². The summed E-state index contributed by atoms with van der Waals surface area (Å²) in [5.74, 6) is -0.558. The monoisotopic (exact) mass is 399 g/mol. The molecule has 0 saturated heterocycles. The van der Waals surface area contributed by atoms with E-state index in [4.69, 9.17) is 11.6 Å². The number of thiazole rings is 1. The van der Waals surface area contributed by atoms with Crippen LogP contribution in [0.2, 0.25) is 5.02 Å². The van der Waals surface area contributed by atoms with Gasteiger partial charge in [0, 0.05) is 17.1 Å². The maximum Gasteiger partial charge on any atom is 0.263 e. The first-order valence-corrected chi connectivity index (χ1v) is 9.54. The Morgan fingerprint density at radius 3 is 2.44 bits per heavy atom. The summed E-state index contributed by atoms with van der Waals surface area (Å²) in [6.45, 7) is 2.08. The third-order valence-corrected chi connectivity index (χ3v) is 5.29. The first kappa shape index (κ1) is 19.1. The molecule has 0 fully saturated rings. The fraction of sp³-hybridized carbons (Fsp3) is 0.150. The minimum Gasteiger partial charge on any atom is -0.350 e. The van der Waals surface area contributed by atoms with Crippen molar-refractivity contribution in [3.63, 3.8) is 0 Å². The number of amides is 2. The third kappa shape index (κ3) is 5.15. The smallest absolute Gasteiger partial charge is 0.263 e. The molecule has 3 aromatic rings. The molecule has 0 aliphatic rings. The summed E-state index contributed by atoms with van der Waals surface area (Å²) in [5, 5.41) is 6.84. The van der Waals surface area contributed by atoms with E-state index in [2.05, 4.69) is 15.6 Å². The van der Waals surface area contributed by atoms with Crippen LogP contribution >= 0.6 is 22.9 Å². The van der Waals surface area contributed by atoms with Crippen LogP contribution in [-0.4, -0.2) is 23.3 Å². The van der Waals surface area contributed by atoms with Crippen LogP contribution in [0.4, 0.5) is 0 Å². The molecule has 1 aromatic heterocycles. The van der Waals surface area contributed by atoms with Crippen molar-refractivity contribution in [1.29, 1.82) is 0 Å². The average molecular weight is 400 g/mol. The molecule has 2 amide bonds. The highest BCUT2D eigenvalue weighted by Gasteiger charge is 2.16. The zero-order valence-electron chi connectivity index (χ0n) is 14.7. The lowest BCUT2D eigenvalue weighted by atomic mass is 10.2. The van der Waals surface area contributed by atoms with Crippen molar-refractivity contribution in [2.75, 3.05) is 6.54 Å². The van der Waals surface area contributed by atoms with Gasteiger partial charge in [0.2, 0.25) is 5.91 Å². The second kappa shape index (κ2) is 8.79. The van der Waals surface area contributed by atoms with Crippen LogP contribution < -0.4 is 10.6 Å². The van der Waals surface area contributed by atoms with E-state index in [1.54, 1.807) is 19.1 Å². The number of halogens is 1. The molecule has 5 nitrogen and oxygen atoms in total. The van der Waals surface area contributed by atoms with Crippen molar-refractivity contribution in [2.45, 2.75) is 13.5 Å². The van der Waals surface area contributed by atoms with Crippen LogP contribution in [0, 0.1) is 6.92 Å². The van der Waals surface area contributed by atoms with Gasteiger partial charge in [-0.1, -0.05) is 54.1 Å². The average Bonchev–Trinajstić information content (AvgIpc) is 3.08. The summed E-state index contributed by atoms with van der Waals surface area (Å²) in [6, 6.07) is 16.9. The minimum absolute atomic E-state index is 0.0928. The normalized spacial score (nSPS) is 10.4. The zero-order chi connectivity index (χ0) is 19.2. The Kier molecular flexibility index (Phi) is 6.21. The van der Waals surface area contributed by atoms with E-state index >= 15 is 0 Å². The highest BCUT2D eigenvalue weighted by Crippen LogP contribution is 2.27. The number of carbonyl (C=O) groups excluding carboxylic acids is 2. The molecule has 0 unspecified atom stereocenters. The summed E-state index contributed by atoms with van der Waals surface area (Å²) in [7, 11) is 0. The predicted octanol–water partition coefficient (Wildman–Crippen LogP) is 3.82. The topological polar surface area (TPSA) is 71.1 Å². The van der Waals surface area contributed by atoms with Gasteiger partial charge in [-0.3, -0.25) is 9.59 Å². The highest BCUT2D eigenvalue weighted by atomic mass is 35.5. The largest absolute Gasteiger partial charge is 0.350 e. The van der Waals surface area contributed by atoms with Crippen molar-refractivity contribution < 1.29 is 9.59 Å². The van der Waals surface area contributed by atoms with E-state index in [0.29, 0.717) is 22.1 Å². The fourth-order valence-electron chi connectivity index (χ4n) is 2.42. The summed E-state index contributed by atoms with van der Waals surface area (Å²) in [5.41, 5.74) is 2.55. The molecule has 2 N–H and O–H groups in total.